The van der Waals surface area contributed by atoms with E-state index in [9.17, 15) is 14.4 Å². The van der Waals surface area contributed by atoms with Gasteiger partial charge in [-0.05, 0) is 42.0 Å². The largest absolute Gasteiger partial charge is 0.497 e. The van der Waals surface area contributed by atoms with Crippen molar-refractivity contribution in [2.45, 2.75) is 6.42 Å². The quantitative estimate of drug-likeness (QED) is 0.384. The van der Waals surface area contributed by atoms with E-state index < -0.39 is 5.97 Å². The number of methoxy groups -OCH3 is 1. The molecule has 0 bridgehead atoms. The van der Waals surface area contributed by atoms with Crippen molar-refractivity contribution >= 4 is 23.7 Å². The summed E-state index contributed by atoms with van der Waals surface area (Å²) in [6, 6.07) is 12.0. The van der Waals surface area contributed by atoms with Gasteiger partial charge in [0.1, 0.15) is 5.75 Å². The zero-order valence-corrected chi connectivity index (χ0v) is 16.4. The molecule has 0 aromatic heterocycles. The van der Waals surface area contributed by atoms with Crippen LogP contribution in [-0.2, 0) is 14.3 Å². The summed E-state index contributed by atoms with van der Waals surface area (Å²) in [6.07, 6.45) is 2.98. The van der Waals surface area contributed by atoms with E-state index in [1.165, 1.54) is 6.08 Å². The molecule has 1 aliphatic heterocycles. The van der Waals surface area contributed by atoms with Crippen molar-refractivity contribution in [1.29, 1.82) is 0 Å². The molecular formula is C22H21NO7. The molecule has 0 saturated carbocycles. The Labute approximate surface area is 173 Å². The molecule has 0 saturated heterocycles. The molecule has 1 amide bonds. The normalized spacial score (nSPS) is 11.9. The van der Waals surface area contributed by atoms with Crippen LogP contribution in [0.1, 0.15) is 22.3 Å². The minimum absolute atomic E-state index is 0.0451. The third-order valence-electron chi connectivity index (χ3n) is 4.23. The van der Waals surface area contributed by atoms with Crippen molar-refractivity contribution in [2.75, 3.05) is 27.1 Å². The summed E-state index contributed by atoms with van der Waals surface area (Å²) in [4.78, 5) is 35.7. The van der Waals surface area contributed by atoms with Gasteiger partial charge < -0.3 is 24.3 Å². The van der Waals surface area contributed by atoms with Crippen LogP contribution in [-0.4, -0.2) is 44.7 Å². The van der Waals surface area contributed by atoms with Crippen LogP contribution in [0.3, 0.4) is 0 Å². The highest BCUT2D eigenvalue weighted by molar-refractivity contribution is 5.98. The number of carbonyl (C=O) groups is 3. The van der Waals surface area contributed by atoms with Crippen LogP contribution in [0.5, 0.6) is 17.2 Å². The molecule has 1 heterocycles. The summed E-state index contributed by atoms with van der Waals surface area (Å²) >= 11 is 0. The van der Waals surface area contributed by atoms with Crippen molar-refractivity contribution in [3.05, 3.63) is 59.7 Å². The number of ether oxygens (including phenoxy) is 4. The molecule has 2 aromatic rings. The lowest BCUT2D eigenvalue weighted by molar-refractivity contribution is -0.142. The Kier molecular flexibility index (Phi) is 7.05. The van der Waals surface area contributed by atoms with Crippen LogP contribution in [0.4, 0.5) is 0 Å². The van der Waals surface area contributed by atoms with Crippen LogP contribution in [0.2, 0.25) is 0 Å². The lowest BCUT2D eigenvalue weighted by atomic mass is 10.1. The fourth-order valence-corrected chi connectivity index (χ4v) is 2.61. The third kappa shape index (κ3) is 5.84. The van der Waals surface area contributed by atoms with Gasteiger partial charge in [-0.3, -0.25) is 14.4 Å². The van der Waals surface area contributed by atoms with Gasteiger partial charge in [0.05, 0.1) is 13.5 Å². The van der Waals surface area contributed by atoms with E-state index in [-0.39, 0.29) is 38.1 Å². The summed E-state index contributed by atoms with van der Waals surface area (Å²) in [6.45, 7) is -0.171. The van der Waals surface area contributed by atoms with Crippen molar-refractivity contribution in [3.8, 4) is 17.2 Å². The molecule has 30 heavy (non-hydrogen) atoms. The molecule has 0 spiro atoms. The predicted molar refractivity (Wildman–Crippen MR) is 108 cm³/mol. The number of hydrogen-bond acceptors (Lipinski definition) is 7. The smallest absolute Gasteiger partial charge is 0.308 e. The average Bonchev–Trinajstić information content (AvgIpc) is 3.24. The molecular weight excluding hydrogens is 390 g/mol. The van der Waals surface area contributed by atoms with Gasteiger partial charge in [-0.15, -0.1) is 0 Å². The molecule has 1 aliphatic rings. The summed E-state index contributed by atoms with van der Waals surface area (Å²) in [5.74, 6) is 0.511. The number of nitrogens with one attached hydrogen (secondary N) is 1. The number of amides is 1. The van der Waals surface area contributed by atoms with Crippen molar-refractivity contribution < 1.29 is 33.3 Å². The Bertz CT molecular complexity index is 950. The molecule has 0 atom stereocenters. The highest BCUT2D eigenvalue weighted by Crippen LogP contribution is 2.32. The topological polar surface area (TPSA) is 100 Å². The summed E-state index contributed by atoms with van der Waals surface area (Å²) in [5, 5.41) is 2.59. The van der Waals surface area contributed by atoms with E-state index in [0.717, 1.165) is 11.3 Å². The molecule has 1 N–H and O–H groups in total. The number of fused-ring (bicyclic) bond motifs is 1. The molecule has 2 aromatic carbocycles. The lowest BCUT2D eigenvalue weighted by Gasteiger charge is -2.06. The van der Waals surface area contributed by atoms with Crippen LogP contribution >= 0.6 is 0 Å². The van der Waals surface area contributed by atoms with Crippen LogP contribution in [0.15, 0.2) is 48.5 Å². The van der Waals surface area contributed by atoms with Crippen LogP contribution in [0, 0.1) is 0 Å². The standard InChI is InChI=1S/C22H21NO7/c1-27-17-6-2-15(3-7-17)4-9-21(25)23-11-10-22(26)28-13-18(24)16-5-8-19-20(12-16)30-14-29-19/h2-9,12H,10-11,13-14H2,1H3,(H,23,25)/b9-4+. The Balaban J connectivity index is 1.35. The van der Waals surface area contributed by atoms with E-state index in [1.807, 2.05) is 12.1 Å². The number of benzene rings is 2. The predicted octanol–water partition coefficient (Wildman–Crippen LogP) is 2.37. The number of hydrogen-bond donors (Lipinski definition) is 1. The first-order valence-electron chi connectivity index (χ1n) is 9.23. The molecule has 3 rings (SSSR count). The van der Waals surface area contributed by atoms with Crippen LogP contribution < -0.4 is 19.5 Å². The number of ketones is 1. The lowest BCUT2D eigenvalue weighted by Crippen LogP contribution is -2.25. The van der Waals surface area contributed by atoms with Crippen molar-refractivity contribution in [3.63, 3.8) is 0 Å². The van der Waals surface area contributed by atoms with Gasteiger partial charge in [0.2, 0.25) is 12.7 Å². The highest BCUT2D eigenvalue weighted by Gasteiger charge is 2.17. The van der Waals surface area contributed by atoms with Gasteiger partial charge in [-0.2, -0.15) is 0 Å². The van der Waals surface area contributed by atoms with Crippen molar-refractivity contribution in [1.82, 2.24) is 5.32 Å². The summed E-state index contributed by atoms with van der Waals surface area (Å²) in [7, 11) is 1.58. The molecule has 0 unspecified atom stereocenters. The van der Waals surface area contributed by atoms with Crippen molar-refractivity contribution in [2.24, 2.45) is 0 Å². The third-order valence-corrected chi connectivity index (χ3v) is 4.23. The molecule has 0 fully saturated rings. The Morgan fingerprint density at radius 3 is 2.60 bits per heavy atom. The first-order chi connectivity index (χ1) is 14.5. The summed E-state index contributed by atoms with van der Waals surface area (Å²) < 4.78 is 20.4. The number of Topliss-reactive ketones (excluding diaryl/α,β-unsaturated/α-hetero) is 1. The molecule has 0 radical (unpaired) electrons. The van der Waals surface area contributed by atoms with Gasteiger partial charge in [-0.25, -0.2) is 0 Å². The number of esters is 1. The van der Waals surface area contributed by atoms with E-state index >= 15 is 0 Å². The first-order valence-corrected chi connectivity index (χ1v) is 9.23. The monoisotopic (exact) mass is 411 g/mol. The molecule has 8 nitrogen and oxygen atoms in total. The maximum Gasteiger partial charge on any atom is 0.308 e. The fourth-order valence-electron chi connectivity index (χ4n) is 2.61. The molecule has 0 aliphatic carbocycles. The number of rotatable bonds is 9. The Hall–Kier alpha value is -3.81. The zero-order chi connectivity index (χ0) is 21.3. The molecule has 156 valence electrons. The van der Waals surface area contributed by atoms with E-state index in [4.69, 9.17) is 18.9 Å². The van der Waals surface area contributed by atoms with Gasteiger partial charge in [0.25, 0.3) is 0 Å². The van der Waals surface area contributed by atoms with Gasteiger partial charge in [-0.1, -0.05) is 12.1 Å². The van der Waals surface area contributed by atoms with Gasteiger partial charge >= 0.3 is 5.97 Å². The fraction of sp³-hybridized carbons (Fsp3) is 0.227. The SMILES string of the molecule is COc1ccc(/C=C/C(=O)NCCC(=O)OCC(=O)c2ccc3c(c2)OCO3)cc1. The second kappa shape index (κ2) is 10.1. The minimum atomic E-state index is -0.580. The first kappa shape index (κ1) is 20.9. The Morgan fingerprint density at radius 1 is 1.07 bits per heavy atom. The zero-order valence-electron chi connectivity index (χ0n) is 16.4. The number of carbonyl (C=O) groups excluding carboxylic acids is 3. The van der Waals surface area contributed by atoms with Crippen LogP contribution in [0.25, 0.3) is 6.08 Å². The average molecular weight is 411 g/mol. The second-order valence-electron chi connectivity index (χ2n) is 6.30. The van der Waals surface area contributed by atoms with E-state index in [2.05, 4.69) is 5.32 Å². The van der Waals surface area contributed by atoms with E-state index in [0.29, 0.717) is 17.1 Å². The maximum absolute atomic E-state index is 12.1. The Morgan fingerprint density at radius 2 is 1.83 bits per heavy atom. The maximum atomic E-state index is 12.1. The van der Waals surface area contributed by atoms with E-state index in [1.54, 1.807) is 43.5 Å². The summed E-state index contributed by atoms with van der Waals surface area (Å²) in [5.41, 5.74) is 1.21. The second-order valence-corrected chi connectivity index (χ2v) is 6.30. The highest BCUT2D eigenvalue weighted by atomic mass is 16.7. The van der Waals surface area contributed by atoms with Gasteiger partial charge in [0.15, 0.2) is 23.9 Å². The van der Waals surface area contributed by atoms with Gasteiger partial charge in [0, 0.05) is 18.2 Å². The minimum Gasteiger partial charge on any atom is -0.497 e. The molecule has 8 heteroatoms.